The smallest absolute Gasteiger partial charge is 0.255 e. The van der Waals surface area contributed by atoms with Crippen LogP contribution in [0.15, 0.2) is 42.5 Å². The molecule has 2 atom stereocenters. The lowest BCUT2D eigenvalue weighted by Gasteiger charge is -2.34. The highest BCUT2D eigenvalue weighted by atomic mass is 35.5. The fraction of sp³-hybridized carbons (Fsp3) is 0.500. The number of carbonyl (C=O) groups is 1. The van der Waals surface area contributed by atoms with Crippen LogP contribution in [0.2, 0.25) is 10.0 Å². The van der Waals surface area contributed by atoms with Gasteiger partial charge in [0.2, 0.25) is 0 Å². The van der Waals surface area contributed by atoms with Crippen molar-refractivity contribution in [2.45, 2.75) is 31.6 Å². The molecule has 1 amide bonds. The summed E-state index contributed by atoms with van der Waals surface area (Å²) in [5.74, 6) is 2.22. The number of rotatable bonds is 5. The van der Waals surface area contributed by atoms with Gasteiger partial charge in [-0.25, -0.2) is 4.39 Å². The van der Waals surface area contributed by atoms with Crippen LogP contribution in [0.1, 0.15) is 47.5 Å². The highest BCUT2D eigenvalue weighted by Gasteiger charge is 2.44. The molecule has 3 fully saturated rings. The fourth-order valence-corrected chi connectivity index (χ4v) is 6.15. The molecule has 6 heteroatoms. The summed E-state index contributed by atoms with van der Waals surface area (Å²) in [5.41, 5.74) is 1.80. The van der Waals surface area contributed by atoms with Crippen LogP contribution >= 0.6 is 23.2 Å². The minimum Gasteiger partial charge on any atom is -0.338 e. The zero-order valence-electron chi connectivity index (χ0n) is 18.2. The Hall–Kier alpha value is -1.62. The van der Waals surface area contributed by atoms with Gasteiger partial charge in [-0.15, -0.1) is 0 Å². The second-order valence-electron chi connectivity index (χ2n) is 9.72. The molecule has 1 aliphatic carbocycles. The van der Waals surface area contributed by atoms with Gasteiger partial charge in [0.25, 0.3) is 5.91 Å². The molecule has 2 aromatic rings. The van der Waals surface area contributed by atoms with Crippen molar-refractivity contribution in [2.24, 2.45) is 17.8 Å². The van der Waals surface area contributed by atoms with E-state index in [1.54, 1.807) is 30.3 Å². The van der Waals surface area contributed by atoms with E-state index in [0.29, 0.717) is 33.4 Å². The van der Waals surface area contributed by atoms with E-state index in [9.17, 15) is 9.18 Å². The summed E-state index contributed by atoms with van der Waals surface area (Å²) >= 11 is 12.3. The summed E-state index contributed by atoms with van der Waals surface area (Å²) in [6.45, 7) is 4.81. The number of hydrogen-bond donors (Lipinski definition) is 0. The third-order valence-electron chi connectivity index (χ3n) is 7.59. The zero-order valence-corrected chi connectivity index (χ0v) is 19.7. The van der Waals surface area contributed by atoms with Crippen LogP contribution in [0.5, 0.6) is 0 Å². The summed E-state index contributed by atoms with van der Waals surface area (Å²) in [7, 11) is 0. The third kappa shape index (κ3) is 4.83. The van der Waals surface area contributed by atoms with Crippen molar-refractivity contribution in [3.8, 4) is 0 Å². The third-order valence-corrected chi connectivity index (χ3v) is 8.14. The van der Waals surface area contributed by atoms with Gasteiger partial charge in [-0.2, -0.15) is 0 Å². The van der Waals surface area contributed by atoms with Crippen molar-refractivity contribution in [3.05, 3.63) is 69.5 Å². The summed E-state index contributed by atoms with van der Waals surface area (Å²) in [6, 6.07) is 12.1. The molecule has 1 saturated carbocycles. The summed E-state index contributed by atoms with van der Waals surface area (Å²) in [4.78, 5) is 17.8. The van der Waals surface area contributed by atoms with E-state index in [0.717, 1.165) is 51.5 Å². The number of amides is 1. The summed E-state index contributed by atoms with van der Waals surface area (Å²) in [6.07, 6.45) is 4.79. The highest BCUT2D eigenvalue weighted by molar-refractivity contribution is 6.36. The number of benzene rings is 2. The number of hydrogen-bond acceptors (Lipinski definition) is 2. The predicted octanol–water partition coefficient (Wildman–Crippen LogP) is 6.11. The molecule has 2 heterocycles. The van der Waals surface area contributed by atoms with Gasteiger partial charge in [-0.05, 0) is 98.3 Å². The van der Waals surface area contributed by atoms with E-state index in [1.165, 1.54) is 18.4 Å². The Bertz CT molecular complexity index is 970. The number of carbonyl (C=O) groups excluding carboxylic acids is 1. The first-order chi connectivity index (χ1) is 15.5. The molecule has 1 unspecified atom stereocenters. The van der Waals surface area contributed by atoms with Crippen molar-refractivity contribution in [1.82, 2.24) is 9.80 Å². The number of halogens is 3. The summed E-state index contributed by atoms with van der Waals surface area (Å²) in [5, 5.41) is 0.975. The predicted molar refractivity (Wildman–Crippen MR) is 127 cm³/mol. The van der Waals surface area contributed by atoms with Crippen molar-refractivity contribution < 1.29 is 9.18 Å². The van der Waals surface area contributed by atoms with Gasteiger partial charge in [-0.1, -0.05) is 35.3 Å². The lowest BCUT2D eigenvalue weighted by atomic mass is 9.87. The quantitative estimate of drug-likeness (QED) is 0.521. The molecule has 0 N–H and O–H groups in total. The van der Waals surface area contributed by atoms with Crippen LogP contribution in [0.25, 0.3) is 0 Å². The van der Waals surface area contributed by atoms with E-state index < -0.39 is 0 Å². The Morgan fingerprint density at radius 1 is 0.969 bits per heavy atom. The maximum Gasteiger partial charge on any atom is 0.255 e. The Kier molecular flexibility index (Phi) is 6.46. The van der Waals surface area contributed by atoms with Gasteiger partial charge in [0.15, 0.2) is 0 Å². The standard InChI is InChI=1S/C26H29Cl2FN2O/c27-21-5-8-23(25(28)13-21)26(32)31-15-20(24(16-31)19-1-2-19)14-30-11-9-18(10-12-30)17-3-6-22(29)7-4-17/h3-8,13,18-20,24H,1-2,9-12,14-16H2/t20?,24-/m0/s1. The second kappa shape index (κ2) is 9.32. The largest absolute Gasteiger partial charge is 0.338 e. The molecule has 3 nitrogen and oxygen atoms in total. The second-order valence-corrected chi connectivity index (χ2v) is 10.6. The van der Waals surface area contributed by atoms with Crippen LogP contribution in [-0.2, 0) is 0 Å². The maximum atomic E-state index is 13.2. The number of piperidine rings is 1. The molecule has 2 aromatic carbocycles. The molecule has 0 spiro atoms. The van der Waals surface area contributed by atoms with Gasteiger partial charge in [0.1, 0.15) is 5.82 Å². The Morgan fingerprint density at radius 2 is 1.69 bits per heavy atom. The zero-order chi connectivity index (χ0) is 22.2. The molecule has 2 saturated heterocycles. The molecule has 0 radical (unpaired) electrons. The molecule has 0 bridgehead atoms. The molecular weight excluding hydrogens is 446 g/mol. The van der Waals surface area contributed by atoms with Crippen molar-refractivity contribution in [2.75, 3.05) is 32.7 Å². The lowest BCUT2D eigenvalue weighted by Crippen LogP contribution is -2.39. The van der Waals surface area contributed by atoms with Crippen molar-refractivity contribution in [3.63, 3.8) is 0 Å². The minimum absolute atomic E-state index is 0.0230. The molecular formula is C26H29Cl2FN2O. The molecule has 32 heavy (non-hydrogen) atoms. The molecule has 2 aliphatic heterocycles. The number of nitrogens with zero attached hydrogens (tertiary/aromatic N) is 2. The first-order valence-corrected chi connectivity index (χ1v) is 12.5. The van der Waals surface area contributed by atoms with Gasteiger partial charge in [0, 0.05) is 24.7 Å². The normalized spacial score (nSPS) is 24.8. The van der Waals surface area contributed by atoms with E-state index in [4.69, 9.17) is 23.2 Å². The fourth-order valence-electron chi connectivity index (χ4n) is 5.66. The van der Waals surface area contributed by atoms with Crippen molar-refractivity contribution in [1.29, 1.82) is 0 Å². The van der Waals surface area contributed by atoms with Gasteiger partial charge >= 0.3 is 0 Å². The van der Waals surface area contributed by atoms with Crippen molar-refractivity contribution >= 4 is 29.1 Å². The average molecular weight is 475 g/mol. The van der Waals surface area contributed by atoms with Crippen LogP contribution in [0.4, 0.5) is 4.39 Å². The first kappa shape index (κ1) is 22.2. The van der Waals surface area contributed by atoms with Crippen LogP contribution in [0.3, 0.4) is 0 Å². The molecule has 3 aliphatic rings. The SMILES string of the molecule is O=C(c1ccc(Cl)cc1Cl)N1CC(CN2CCC(c3ccc(F)cc3)CC2)[C@H](C2CC2)C1. The van der Waals surface area contributed by atoms with Crippen LogP contribution < -0.4 is 0 Å². The first-order valence-electron chi connectivity index (χ1n) is 11.7. The monoisotopic (exact) mass is 474 g/mol. The minimum atomic E-state index is -0.169. The Labute approximate surface area is 199 Å². The lowest BCUT2D eigenvalue weighted by molar-refractivity contribution is 0.0780. The average Bonchev–Trinajstić information content (AvgIpc) is 3.55. The van der Waals surface area contributed by atoms with E-state index >= 15 is 0 Å². The van der Waals surface area contributed by atoms with E-state index in [1.807, 2.05) is 17.0 Å². The summed E-state index contributed by atoms with van der Waals surface area (Å²) < 4.78 is 13.2. The van der Waals surface area contributed by atoms with Crippen LogP contribution in [-0.4, -0.2) is 48.4 Å². The molecule has 5 rings (SSSR count). The molecule has 0 aromatic heterocycles. The Balaban J connectivity index is 1.21. The topological polar surface area (TPSA) is 23.6 Å². The molecule has 170 valence electrons. The maximum absolute atomic E-state index is 13.2. The highest BCUT2D eigenvalue weighted by Crippen LogP contribution is 2.45. The van der Waals surface area contributed by atoms with Gasteiger partial charge in [-0.3, -0.25) is 4.79 Å². The van der Waals surface area contributed by atoms with Crippen LogP contribution in [0, 0.1) is 23.6 Å². The van der Waals surface area contributed by atoms with E-state index in [2.05, 4.69) is 4.90 Å². The van der Waals surface area contributed by atoms with E-state index in [-0.39, 0.29) is 11.7 Å². The number of likely N-dealkylation sites (tertiary alicyclic amines) is 2. The van der Waals surface area contributed by atoms with Gasteiger partial charge < -0.3 is 9.80 Å². The van der Waals surface area contributed by atoms with Gasteiger partial charge in [0.05, 0.1) is 10.6 Å². The Morgan fingerprint density at radius 3 is 2.34 bits per heavy atom.